The Kier molecular flexibility index (Phi) is 9.59. The first-order valence-corrected chi connectivity index (χ1v) is 13.4. The number of carbonyl (C=O) groups is 3. The number of nitrogens with one attached hydrogen (secondary N) is 1. The number of hydrogen-bond acceptors (Lipinski definition) is 5. The van der Waals surface area contributed by atoms with E-state index in [4.69, 9.17) is 0 Å². The van der Waals surface area contributed by atoms with E-state index in [9.17, 15) is 22.8 Å². The number of nitrogens with zero attached hydrogens (tertiary/aromatic N) is 2. The fourth-order valence-corrected chi connectivity index (χ4v) is 4.64. The molecule has 0 fully saturated rings. The van der Waals surface area contributed by atoms with Crippen molar-refractivity contribution in [3.8, 4) is 0 Å². The van der Waals surface area contributed by atoms with Gasteiger partial charge in [-0.25, -0.2) is 8.42 Å². The molecule has 190 valence electrons. The summed E-state index contributed by atoms with van der Waals surface area (Å²) in [5.74, 6) is -1.03. The number of anilines is 1. The first kappa shape index (κ1) is 28.0. The largest absolute Gasteiger partial charge is 0.352 e. The van der Waals surface area contributed by atoms with Gasteiger partial charge in [0.2, 0.25) is 21.8 Å². The highest BCUT2D eigenvalue weighted by atomic mass is 32.2. The molecule has 1 N–H and O–H groups in total. The molecule has 0 bridgehead atoms. The van der Waals surface area contributed by atoms with Crippen molar-refractivity contribution in [1.29, 1.82) is 0 Å². The van der Waals surface area contributed by atoms with E-state index in [2.05, 4.69) is 5.32 Å². The van der Waals surface area contributed by atoms with Gasteiger partial charge in [-0.3, -0.25) is 18.7 Å². The van der Waals surface area contributed by atoms with Crippen LogP contribution >= 0.6 is 0 Å². The zero-order chi connectivity index (χ0) is 26.3. The summed E-state index contributed by atoms with van der Waals surface area (Å²) in [6.45, 7) is 8.46. The smallest absolute Gasteiger partial charge is 0.244 e. The van der Waals surface area contributed by atoms with Gasteiger partial charge in [-0.05, 0) is 51.8 Å². The number of ketones is 1. The van der Waals surface area contributed by atoms with Crippen molar-refractivity contribution >= 4 is 33.3 Å². The molecule has 8 nitrogen and oxygen atoms in total. The van der Waals surface area contributed by atoms with Gasteiger partial charge in [0.15, 0.2) is 5.78 Å². The molecule has 0 heterocycles. The monoisotopic (exact) mass is 501 g/mol. The zero-order valence-corrected chi connectivity index (χ0v) is 22.1. The Bertz CT molecular complexity index is 1180. The van der Waals surface area contributed by atoms with Gasteiger partial charge < -0.3 is 10.2 Å². The molecule has 0 saturated carbocycles. The van der Waals surface area contributed by atoms with E-state index in [0.717, 1.165) is 21.7 Å². The second-order valence-electron chi connectivity index (χ2n) is 8.97. The zero-order valence-electron chi connectivity index (χ0n) is 21.2. The van der Waals surface area contributed by atoms with E-state index in [-0.39, 0.29) is 30.0 Å². The van der Waals surface area contributed by atoms with Crippen molar-refractivity contribution in [2.75, 3.05) is 17.1 Å². The maximum absolute atomic E-state index is 13.6. The second-order valence-corrected chi connectivity index (χ2v) is 10.9. The SMILES string of the molecule is CCC(C(=O)NC(C)C)N(Cc1cccc(C)c1)C(=O)CN(c1cccc(C(C)=O)c1)S(C)(=O)=O. The molecule has 35 heavy (non-hydrogen) atoms. The number of carbonyl (C=O) groups excluding carboxylic acids is 3. The Labute approximate surface area is 208 Å². The van der Waals surface area contributed by atoms with E-state index in [1.54, 1.807) is 12.1 Å². The number of rotatable bonds is 11. The van der Waals surface area contributed by atoms with Crippen LogP contribution in [0.1, 0.15) is 55.6 Å². The number of amides is 2. The number of Topliss-reactive ketones (excluding diaryl/α,β-unsaturated/α-hetero) is 1. The molecule has 0 aliphatic rings. The Balaban J connectivity index is 2.48. The minimum absolute atomic E-state index is 0.116. The molecule has 1 unspecified atom stereocenters. The lowest BCUT2D eigenvalue weighted by Gasteiger charge is -2.33. The summed E-state index contributed by atoms with van der Waals surface area (Å²) in [6.07, 6.45) is 1.36. The number of sulfonamides is 1. The summed E-state index contributed by atoms with van der Waals surface area (Å²) in [7, 11) is -3.87. The number of hydrogen-bond donors (Lipinski definition) is 1. The van der Waals surface area contributed by atoms with Crippen LogP contribution in [0.4, 0.5) is 5.69 Å². The Hall–Kier alpha value is -3.20. The highest BCUT2D eigenvalue weighted by molar-refractivity contribution is 7.92. The van der Waals surface area contributed by atoms with Crippen LogP contribution in [0, 0.1) is 6.92 Å². The lowest BCUT2D eigenvalue weighted by Crippen LogP contribution is -2.53. The average Bonchev–Trinajstić information content (AvgIpc) is 2.76. The molecule has 0 aliphatic heterocycles. The molecule has 9 heteroatoms. The summed E-state index contributed by atoms with van der Waals surface area (Å²) >= 11 is 0. The fourth-order valence-electron chi connectivity index (χ4n) is 3.80. The van der Waals surface area contributed by atoms with Gasteiger partial charge >= 0.3 is 0 Å². The molecule has 2 amide bonds. The van der Waals surface area contributed by atoms with Crippen molar-refractivity contribution in [2.45, 2.75) is 59.7 Å². The summed E-state index contributed by atoms with van der Waals surface area (Å²) in [5.41, 5.74) is 2.39. The lowest BCUT2D eigenvalue weighted by atomic mass is 10.1. The van der Waals surface area contributed by atoms with Crippen molar-refractivity contribution in [2.24, 2.45) is 0 Å². The topological polar surface area (TPSA) is 104 Å². The first-order valence-electron chi connectivity index (χ1n) is 11.6. The third-order valence-electron chi connectivity index (χ3n) is 5.47. The van der Waals surface area contributed by atoms with Crippen LogP contribution in [0.5, 0.6) is 0 Å². The van der Waals surface area contributed by atoms with Gasteiger partial charge in [0.1, 0.15) is 12.6 Å². The molecular formula is C26H35N3O5S. The highest BCUT2D eigenvalue weighted by Gasteiger charge is 2.32. The van der Waals surface area contributed by atoms with E-state index in [0.29, 0.717) is 12.0 Å². The van der Waals surface area contributed by atoms with Crippen LogP contribution in [0.2, 0.25) is 0 Å². The van der Waals surface area contributed by atoms with Crippen LogP contribution in [0.25, 0.3) is 0 Å². The molecule has 2 aromatic carbocycles. The van der Waals surface area contributed by atoms with Gasteiger partial charge in [-0.2, -0.15) is 0 Å². The molecule has 0 saturated heterocycles. The molecular weight excluding hydrogens is 466 g/mol. The van der Waals surface area contributed by atoms with E-state index in [1.807, 2.05) is 52.0 Å². The molecule has 1 atom stereocenters. The van der Waals surface area contributed by atoms with Crippen molar-refractivity contribution < 1.29 is 22.8 Å². The van der Waals surface area contributed by atoms with Crippen LogP contribution < -0.4 is 9.62 Å². The van der Waals surface area contributed by atoms with Gasteiger partial charge in [0, 0.05) is 18.2 Å². The third-order valence-corrected chi connectivity index (χ3v) is 6.61. The van der Waals surface area contributed by atoms with E-state index < -0.39 is 28.5 Å². The molecule has 0 aliphatic carbocycles. The summed E-state index contributed by atoms with van der Waals surface area (Å²) in [4.78, 5) is 39.9. The molecule has 0 aromatic heterocycles. The molecule has 2 aromatic rings. The predicted molar refractivity (Wildman–Crippen MR) is 138 cm³/mol. The third kappa shape index (κ3) is 7.92. The first-order chi connectivity index (χ1) is 16.3. The maximum Gasteiger partial charge on any atom is 0.244 e. The minimum atomic E-state index is -3.87. The fraction of sp³-hybridized carbons (Fsp3) is 0.423. The maximum atomic E-state index is 13.6. The van der Waals surface area contributed by atoms with Crippen LogP contribution in [0.3, 0.4) is 0 Å². The van der Waals surface area contributed by atoms with Crippen LogP contribution in [-0.2, 0) is 26.2 Å². The van der Waals surface area contributed by atoms with Crippen molar-refractivity contribution in [1.82, 2.24) is 10.2 Å². The van der Waals surface area contributed by atoms with E-state index >= 15 is 0 Å². The van der Waals surface area contributed by atoms with Crippen molar-refractivity contribution in [3.63, 3.8) is 0 Å². The normalized spacial score (nSPS) is 12.2. The minimum Gasteiger partial charge on any atom is -0.352 e. The predicted octanol–water partition coefficient (Wildman–Crippen LogP) is 3.30. The standard InChI is InChI=1S/C26H35N3O5S/c1-7-24(26(32)27-18(2)3)28(16-21-11-8-10-19(4)14-21)25(31)17-29(35(6,33)34)23-13-9-12-22(15-23)20(5)30/h8-15,18,24H,7,16-17H2,1-6H3,(H,27,32). The lowest BCUT2D eigenvalue weighted by molar-refractivity contribution is -0.140. The Morgan fingerprint density at radius 1 is 1.03 bits per heavy atom. The number of benzene rings is 2. The summed E-state index contributed by atoms with van der Waals surface area (Å²) in [5, 5.41) is 2.86. The Morgan fingerprint density at radius 3 is 2.23 bits per heavy atom. The average molecular weight is 502 g/mol. The van der Waals surface area contributed by atoms with Gasteiger partial charge in [-0.1, -0.05) is 48.9 Å². The molecule has 0 radical (unpaired) electrons. The van der Waals surface area contributed by atoms with Gasteiger partial charge in [0.25, 0.3) is 0 Å². The van der Waals surface area contributed by atoms with Crippen molar-refractivity contribution in [3.05, 3.63) is 65.2 Å². The Morgan fingerprint density at radius 2 is 1.69 bits per heavy atom. The van der Waals surface area contributed by atoms with Crippen LogP contribution in [0.15, 0.2) is 48.5 Å². The van der Waals surface area contributed by atoms with Gasteiger partial charge in [-0.15, -0.1) is 0 Å². The quantitative estimate of drug-likeness (QED) is 0.476. The van der Waals surface area contributed by atoms with Crippen LogP contribution in [-0.4, -0.2) is 55.8 Å². The van der Waals surface area contributed by atoms with E-state index in [1.165, 1.54) is 24.0 Å². The second kappa shape index (κ2) is 12.0. The molecule has 2 rings (SSSR count). The number of aryl methyl sites for hydroxylation is 1. The highest BCUT2D eigenvalue weighted by Crippen LogP contribution is 2.21. The van der Waals surface area contributed by atoms with Gasteiger partial charge in [0.05, 0.1) is 11.9 Å². The summed E-state index contributed by atoms with van der Waals surface area (Å²) in [6, 6.07) is 12.8. The molecule has 0 spiro atoms. The summed E-state index contributed by atoms with van der Waals surface area (Å²) < 4.78 is 26.3.